The van der Waals surface area contributed by atoms with Gasteiger partial charge in [-0.25, -0.2) is 18.6 Å². The molecule has 3 rings (SSSR count). The highest BCUT2D eigenvalue weighted by atomic mass is 19.1. The third-order valence-corrected chi connectivity index (χ3v) is 4.58. The minimum Gasteiger partial charge on any atom is -0.454 e. The van der Waals surface area contributed by atoms with Crippen molar-refractivity contribution in [3.8, 4) is 11.5 Å². The number of urea groups is 1. The number of nitrogen functional groups attached to an aromatic ring is 1. The van der Waals surface area contributed by atoms with Crippen LogP contribution in [0.2, 0.25) is 0 Å². The molecule has 2 aromatic carbocycles. The van der Waals surface area contributed by atoms with Crippen LogP contribution in [0.25, 0.3) is 0 Å². The first-order chi connectivity index (χ1) is 16.4. The number of aliphatic hydroxyl groups excluding tert-OH is 1. The number of ether oxygens (including phenoxy) is 1. The Hall–Kier alpha value is -4.09. The molecule has 0 radical (unpaired) electrons. The lowest BCUT2D eigenvalue weighted by Crippen LogP contribution is -2.35. The van der Waals surface area contributed by atoms with E-state index in [1.54, 1.807) is 0 Å². The van der Waals surface area contributed by atoms with Crippen molar-refractivity contribution in [2.24, 2.45) is 0 Å². The van der Waals surface area contributed by atoms with Crippen LogP contribution >= 0.6 is 0 Å². The number of aliphatic hydroxyl groups is 1. The fourth-order valence-electron chi connectivity index (χ4n) is 2.96. The van der Waals surface area contributed by atoms with Gasteiger partial charge in [0, 0.05) is 31.0 Å². The van der Waals surface area contributed by atoms with Crippen molar-refractivity contribution < 1.29 is 28.2 Å². The standard InChI is InChI=1S/C23H23F2N5O4/c24-15-3-1-14(2-4-15)11-21(32)30-23(33)29-16-5-6-20(18(25)12-16)34-19-7-8-28-22(26)17(19)13-27-9-10-31/h1-8,12,27,31H,9-11,13H2,(H2,26,28)(H2,29,30,32,33). The number of nitrogens with two attached hydrogens (primary N) is 1. The molecule has 0 aliphatic rings. The molecule has 11 heteroatoms. The molecular weight excluding hydrogens is 448 g/mol. The van der Waals surface area contributed by atoms with Gasteiger partial charge in [-0.3, -0.25) is 10.1 Å². The highest BCUT2D eigenvalue weighted by Gasteiger charge is 2.14. The van der Waals surface area contributed by atoms with Crippen LogP contribution in [0, 0.1) is 11.6 Å². The summed E-state index contributed by atoms with van der Waals surface area (Å²) in [6, 6.07) is 9.72. The van der Waals surface area contributed by atoms with Crippen molar-refractivity contribution >= 4 is 23.4 Å². The van der Waals surface area contributed by atoms with Gasteiger partial charge >= 0.3 is 6.03 Å². The van der Waals surface area contributed by atoms with E-state index in [9.17, 15) is 18.4 Å². The van der Waals surface area contributed by atoms with Crippen molar-refractivity contribution in [2.45, 2.75) is 13.0 Å². The fraction of sp³-hybridized carbons (Fsp3) is 0.174. The molecule has 0 aliphatic carbocycles. The smallest absolute Gasteiger partial charge is 0.325 e. The molecule has 0 spiro atoms. The van der Waals surface area contributed by atoms with Crippen LogP contribution in [0.4, 0.5) is 25.1 Å². The molecule has 1 aromatic heterocycles. The Morgan fingerprint density at radius 1 is 1.06 bits per heavy atom. The number of pyridine rings is 1. The summed E-state index contributed by atoms with van der Waals surface area (Å²) >= 11 is 0. The minimum atomic E-state index is -0.848. The van der Waals surface area contributed by atoms with E-state index in [1.807, 2.05) is 0 Å². The maximum atomic E-state index is 14.6. The lowest BCUT2D eigenvalue weighted by Gasteiger charge is -2.14. The number of nitrogens with one attached hydrogen (secondary N) is 3. The van der Waals surface area contributed by atoms with Gasteiger partial charge in [0.25, 0.3) is 0 Å². The molecule has 0 fully saturated rings. The van der Waals surface area contributed by atoms with Gasteiger partial charge in [-0.05, 0) is 35.9 Å². The van der Waals surface area contributed by atoms with Crippen LogP contribution in [-0.4, -0.2) is 35.2 Å². The van der Waals surface area contributed by atoms with Crippen LogP contribution in [-0.2, 0) is 17.8 Å². The molecule has 0 saturated carbocycles. The Morgan fingerprint density at radius 2 is 1.82 bits per heavy atom. The van der Waals surface area contributed by atoms with Crippen LogP contribution in [0.3, 0.4) is 0 Å². The van der Waals surface area contributed by atoms with Crippen molar-refractivity contribution in [2.75, 3.05) is 24.2 Å². The maximum Gasteiger partial charge on any atom is 0.325 e. The molecule has 9 nitrogen and oxygen atoms in total. The van der Waals surface area contributed by atoms with Gasteiger partial charge in [-0.2, -0.15) is 0 Å². The molecule has 6 N–H and O–H groups in total. The van der Waals surface area contributed by atoms with E-state index in [2.05, 4.69) is 20.9 Å². The minimum absolute atomic E-state index is 0.0646. The van der Waals surface area contributed by atoms with Crippen LogP contribution in [0.15, 0.2) is 54.7 Å². The first-order valence-electron chi connectivity index (χ1n) is 10.2. The van der Waals surface area contributed by atoms with E-state index in [-0.39, 0.29) is 42.6 Å². The number of amides is 3. The highest BCUT2D eigenvalue weighted by Crippen LogP contribution is 2.30. The summed E-state index contributed by atoms with van der Waals surface area (Å²) in [6.45, 7) is 0.519. The maximum absolute atomic E-state index is 14.6. The number of anilines is 2. The summed E-state index contributed by atoms with van der Waals surface area (Å²) in [5.41, 5.74) is 7.00. The predicted molar refractivity (Wildman–Crippen MR) is 121 cm³/mol. The molecule has 0 aliphatic heterocycles. The zero-order valence-electron chi connectivity index (χ0n) is 18.0. The van der Waals surface area contributed by atoms with Crippen LogP contribution < -0.4 is 26.4 Å². The summed E-state index contributed by atoms with van der Waals surface area (Å²) in [5, 5.41) is 16.4. The molecule has 1 heterocycles. The van der Waals surface area contributed by atoms with Gasteiger partial charge in [0.2, 0.25) is 5.91 Å². The number of aromatic nitrogens is 1. The van der Waals surface area contributed by atoms with Crippen molar-refractivity contribution in [1.82, 2.24) is 15.6 Å². The zero-order valence-corrected chi connectivity index (χ0v) is 18.0. The Morgan fingerprint density at radius 3 is 2.53 bits per heavy atom. The van der Waals surface area contributed by atoms with Gasteiger partial charge in [0.1, 0.15) is 17.4 Å². The van der Waals surface area contributed by atoms with E-state index >= 15 is 0 Å². The lowest BCUT2D eigenvalue weighted by atomic mass is 10.1. The monoisotopic (exact) mass is 471 g/mol. The average Bonchev–Trinajstić information content (AvgIpc) is 2.79. The number of nitrogens with zero attached hydrogens (tertiary/aromatic N) is 1. The van der Waals surface area contributed by atoms with Crippen LogP contribution in [0.1, 0.15) is 11.1 Å². The average molecular weight is 471 g/mol. The number of hydrogen-bond donors (Lipinski definition) is 5. The Labute approximate surface area is 194 Å². The van der Waals surface area contributed by atoms with E-state index in [0.717, 1.165) is 6.07 Å². The Kier molecular flexibility index (Phi) is 8.43. The SMILES string of the molecule is Nc1nccc(Oc2ccc(NC(=O)NC(=O)Cc3ccc(F)cc3)cc2F)c1CNCCO. The van der Waals surface area contributed by atoms with E-state index in [0.29, 0.717) is 17.7 Å². The second-order valence-corrected chi connectivity index (χ2v) is 7.13. The third-order valence-electron chi connectivity index (χ3n) is 4.58. The van der Waals surface area contributed by atoms with Crippen molar-refractivity contribution in [3.05, 3.63) is 77.5 Å². The summed E-state index contributed by atoms with van der Waals surface area (Å²) in [4.78, 5) is 28.0. The van der Waals surface area contributed by atoms with Gasteiger partial charge in [-0.1, -0.05) is 12.1 Å². The molecule has 0 bridgehead atoms. The predicted octanol–water partition coefficient (Wildman–Crippen LogP) is 2.71. The first kappa shape index (κ1) is 24.6. The largest absolute Gasteiger partial charge is 0.454 e. The summed E-state index contributed by atoms with van der Waals surface area (Å²) in [7, 11) is 0. The first-order valence-corrected chi connectivity index (χ1v) is 10.2. The summed E-state index contributed by atoms with van der Waals surface area (Å²) in [6.07, 6.45) is 1.29. The van der Waals surface area contributed by atoms with Crippen molar-refractivity contribution in [3.63, 3.8) is 0 Å². The van der Waals surface area contributed by atoms with Gasteiger partial charge < -0.3 is 26.2 Å². The second-order valence-electron chi connectivity index (χ2n) is 7.13. The molecule has 178 valence electrons. The molecule has 3 aromatic rings. The molecule has 0 unspecified atom stereocenters. The topological polar surface area (TPSA) is 139 Å². The van der Waals surface area contributed by atoms with E-state index in [1.165, 1.54) is 48.7 Å². The zero-order chi connectivity index (χ0) is 24.5. The number of benzene rings is 2. The number of halogens is 2. The number of hydrogen-bond acceptors (Lipinski definition) is 7. The van der Waals surface area contributed by atoms with E-state index in [4.69, 9.17) is 15.6 Å². The fourth-order valence-corrected chi connectivity index (χ4v) is 2.96. The molecule has 34 heavy (non-hydrogen) atoms. The Balaban J connectivity index is 1.61. The van der Waals surface area contributed by atoms with Crippen molar-refractivity contribution in [1.29, 1.82) is 0 Å². The van der Waals surface area contributed by atoms with Gasteiger partial charge in [-0.15, -0.1) is 0 Å². The number of carbonyl (C=O) groups excluding carboxylic acids is 2. The summed E-state index contributed by atoms with van der Waals surface area (Å²) in [5.74, 6) is -1.45. The van der Waals surface area contributed by atoms with E-state index < -0.39 is 23.6 Å². The van der Waals surface area contributed by atoms with Gasteiger partial charge in [0.15, 0.2) is 11.6 Å². The number of imide groups is 1. The van der Waals surface area contributed by atoms with Crippen LogP contribution in [0.5, 0.6) is 11.5 Å². The Bertz CT molecular complexity index is 1160. The number of carbonyl (C=O) groups is 2. The molecule has 3 amide bonds. The van der Waals surface area contributed by atoms with Gasteiger partial charge in [0.05, 0.1) is 18.6 Å². The quantitative estimate of drug-likeness (QED) is 0.303. The third kappa shape index (κ3) is 6.95. The highest BCUT2D eigenvalue weighted by molar-refractivity contribution is 6.01. The molecule has 0 atom stereocenters. The molecular formula is C23H23F2N5O4. The molecule has 0 saturated heterocycles. The summed E-state index contributed by atoms with van der Waals surface area (Å²) < 4.78 is 33.2. The second kappa shape index (κ2) is 11.7. The lowest BCUT2D eigenvalue weighted by molar-refractivity contribution is -0.119. The number of rotatable bonds is 9. The normalized spacial score (nSPS) is 10.6.